The summed E-state index contributed by atoms with van der Waals surface area (Å²) in [6, 6.07) is 10.9. The van der Waals surface area contributed by atoms with Gasteiger partial charge < -0.3 is 4.90 Å². The summed E-state index contributed by atoms with van der Waals surface area (Å²) < 4.78 is 0. The SMILES string of the molecule is CCN(CC)CCCCCCCCCCCCCCCCc1ccccc1.Cl. The van der Waals surface area contributed by atoms with Crippen molar-refractivity contribution in [1.29, 1.82) is 0 Å². The average molecular weight is 410 g/mol. The first kappa shape index (κ1) is 27.5. The third-order valence-electron chi connectivity index (χ3n) is 5.93. The first-order valence-electron chi connectivity index (χ1n) is 12.1. The van der Waals surface area contributed by atoms with E-state index >= 15 is 0 Å². The zero-order valence-corrected chi connectivity index (χ0v) is 19.8. The van der Waals surface area contributed by atoms with E-state index in [1.807, 2.05) is 0 Å². The van der Waals surface area contributed by atoms with Gasteiger partial charge in [0.2, 0.25) is 0 Å². The molecular weight excluding hydrogens is 362 g/mol. The third kappa shape index (κ3) is 16.4. The van der Waals surface area contributed by atoms with Gasteiger partial charge in [0.1, 0.15) is 0 Å². The molecule has 164 valence electrons. The van der Waals surface area contributed by atoms with Gasteiger partial charge in [0.15, 0.2) is 0 Å². The lowest BCUT2D eigenvalue weighted by molar-refractivity contribution is 0.295. The molecule has 28 heavy (non-hydrogen) atoms. The highest BCUT2D eigenvalue weighted by atomic mass is 35.5. The number of benzene rings is 1. The van der Waals surface area contributed by atoms with Crippen LogP contribution in [0.25, 0.3) is 0 Å². The number of hydrogen-bond donors (Lipinski definition) is 0. The molecule has 0 aliphatic heterocycles. The van der Waals surface area contributed by atoms with Gasteiger partial charge in [-0.05, 0) is 44.5 Å². The van der Waals surface area contributed by atoms with E-state index in [4.69, 9.17) is 0 Å². The molecule has 0 amide bonds. The fourth-order valence-corrected chi connectivity index (χ4v) is 3.97. The van der Waals surface area contributed by atoms with Crippen LogP contribution >= 0.6 is 12.4 Å². The maximum Gasteiger partial charge on any atom is -0.00190 e. The number of rotatable bonds is 19. The van der Waals surface area contributed by atoms with Crippen LogP contribution in [0.15, 0.2) is 30.3 Å². The second-order valence-electron chi connectivity index (χ2n) is 8.21. The van der Waals surface area contributed by atoms with Gasteiger partial charge in [0, 0.05) is 0 Å². The van der Waals surface area contributed by atoms with E-state index in [0.29, 0.717) is 0 Å². The van der Waals surface area contributed by atoms with Crippen LogP contribution in [0.3, 0.4) is 0 Å². The van der Waals surface area contributed by atoms with Crippen LogP contribution in [-0.4, -0.2) is 24.5 Å². The van der Waals surface area contributed by atoms with E-state index < -0.39 is 0 Å². The molecule has 0 fully saturated rings. The summed E-state index contributed by atoms with van der Waals surface area (Å²) >= 11 is 0. The molecule has 1 aromatic carbocycles. The first-order valence-corrected chi connectivity index (χ1v) is 12.1. The Hall–Kier alpha value is -0.530. The molecule has 2 heteroatoms. The molecule has 0 aliphatic carbocycles. The lowest BCUT2D eigenvalue weighted by Gasteiger charge is -2.17. The summed E-state index contributed by atoms with van der Waals surface area (Å²) in [6.07, 6.45) is 21.4. The van der Waals surface area contributed by atoms with Crippen molar-refractivity contribution in [2.75, 3.05) is 19.6 Å². The molecule has 0 radical (unpaired) electrons. The Morgan fingerprint density at radius 2 is 0.929 bits per heavy atom. The minimum atomic E-state index is 0. The monoisotopic (exact) mass is 409 g/mol. The van der Waals surface area contributed by atoms with E-state index in [0.717, 1.165) is 0 Å². The predicted octanol–water partition coefficient (Wildman–Crippen LogP) is 8.45. The Labute approximate surface area is 183 Å². The Bertz CT molecular complexity index is 402. The fourth-order valence-electron chi connectivity index (χ4n) is 3.97. The van der Waals surface area contributed by atoms with Crippen LogP contribution in [0.4, 0.5) is 0 Å². The van der Waals surface area contributed by atoms with E-state index in [9.17, 15) is 0 Å². The van der Waals surface area contributed by atoms with Gasteiger partial charge in [-0.2, -0.15) is 0 Å². The smallest absolute Gasteiger partial charge is 0.00190 e. The molecular formula is C26H48ClN. The zero-order valence-electron chi connectivity index (χ0n) is 19.0. The van der Waals surface area contributed by atoms with Gasteiger partial charge in [-0.1, -0.05) is 121 Å². The van der Waals surface area contributed by atoms with Crippen molar-refractivity contribution < 1.29 is 0 Å². The normalized spacial score (nSPS) is 11.0. The van der Waals surface area contributed by atoms with Crippen molar-refractivity contribution in [1.82, 2.24) is 4.90 Å². The highest BCUT2D eigenvalue weighted by molar-refractivity contribution is 5.85. The summed E-state index contributed by atoms with van der Waals surface area (Å²) in [7, 11) is 0. The third-order valence-corrected chi connectivity index (χ3v) is 5.93. The Kier molecular flexibility index (Phi) is 20.8. The van der Waals surface area contributed by atoms with Crippen molar-refractivity contribution in [2.45, 2.75) is 110 Å². The molecule has 0 aliphatic rings. The fraction of sp³-hybridized carbons (Fsp3) is 0.769. The van der Waals surface area contributed by atoms with Gasteiger partial charge in [0.25, 0.3) is 0 Å². The Morgan fingerprint density at radius 3 is 1.36 bits per heavy atom. The maximum atomic E-state index is 2.54. The van der Waals surface area contributed by atoms with E-state index in [1.54, 1.807) is 0 Å². The summed E-state index contributed by atoms with van der Waals surface area (Å²) in [5, 5.41) is 0. The Balaban J connectivity index is 0.00000729. The molecule has 1 aromatic rings. The molecule has 1 nitrogen and oxygen atoms in total. The average Bonchev–Trinajstić information content (AvgIpc) is 2.71. The summed E-state index contributed by atoms with van der Waals surface area (Å²) in [4.78, 5) is 2.54. The molecule has 0 unspecified atom stereocenters. The molecule has 0 N–H and O–H groups in total. The summed E-state index contributed by atoms with van der Waals surface area (Å²) in [6.45, 7) is 8.28. The van der Waals surface area contributed by atoms with E-state index in [1.165, 1.54) is 122 Å². The minimum Gasteiger partial charge on any atom is -0.304 e. The topological polar surface area (TPSA) is 3.24 Å². The molecule has 0 atom stereocenters. The van der Waals surface area contributed by atoms with Gasteiger partial charge in [-0.15, -0.1) is 12.4 Å². The summed E-state index contributed by atoms with van der Waals surface area (Å²) in [5.74, 6) is 0. The summed E-state index contributed by atoms with van der Waals surface area (Å²) in [5.41, 5.74) is 1.50. The molecule has 1 rings (SSSR count). The van der Waals surface area contributed by atoms with Crippen molar-refractivity contribution in [3.63, 3.8) is 0 Å². The molecule has 0 saturated carbocycles. The van der Waals surface area contributed by atoms with Crippen molar-refractivity contribution in [3.8, 4) is 0 Å². The number of nitrogens with zero attached hydrogens (tertiary/aromatic N) is 1. The predicted molar refractivity (Wildman–Crippen MR) is 130 cm³/mol. The van der Waals surface area contributed by atoms with Gasteiger partial charge in [0.05, 0.1) is 0 Å². The Morgan fingerprint density at radius 1 is 0.536 bits per heavy atom. The second kappa shape index (κ2) is 21.2. The van der Waals surface area contributed by atoms with Gasteiger partial charge >= 0.3 is 0 Å². The molecule has 0 bridgehead atoms. The standard InChI is InChI=1S/C26H47N.ClH/c1-3-27(4-2)25-21-16-14-12-10-8-6-5-7-9-11-13-15-18-22-26-23-19-17-20-24-26;/h17,19-20,23-24H,3-16,18,21-22,25H2,1-2H3;1H. The molecule has 0 spiro atoms. The number of halogens is 1. The van der Waals surface area contributed by atoms with E-state index in [-0.39, 0.29) is 12.4 Å². The van der Waals surface area contributed by atoms with Crippen molar-refractivity contribution in [2.24, 2.45) is 0 Å². The number of unbranched alkanes of at least 4 members (excludes halogenated alkanes) is 13. The maximum absolute atomic E-state index is 2.54. The van der Waals surface area contributed by atoms with Crippen LogP contribution in [0.2, 0.25) is 0 Å². The zero-order chi connectivity index (χ0) is 19.4. The number of hydrogen-bond acceptors (Lipinski definition) is 1. The quantitative estimate of drug-likeness (QED) is 0.207. The van der Waals surface area contributed by atoms with Gasteiger partial charge in [-0.3, -0.25) is 0 Å². The van der Waals surface area contributed by atoms with Gasteiger partial charge in [-0.25, -0.2) is 0 Å². The first-order chi connectivity index (χ1) is 13.4. The lowest BCUT2D eigenvalue weighted by Crippen LogP contribution is -2.23. The largest absolute Gasteiger partial charge is 0.304 e. The highest BCUT2D eigenvalue weighted by Crippen LogP contribution is 2.14. The van der Waals surface area contributed by atoms with Crippen molar-refractivity contribution >= 4 is 12.4 Å². The molecule has 0 heterocycles. The number of aryl methyl sites for hydroxylation is 1. The lowest BCUT2D eigenvalue weighted by atomic mass is 10.0. The van der Waals surface area contributed by atoms with E-state index in [2.05, 4.69) is 49.1 Å². The van der Waals surface area contributed by atoms with Crippen LogP contribution in [0, 0.1) is 0 Å². The highest BCUT2D eigenvalue weighted by Gasteiger charge is 1.98. The minimum absolute atomic E-state index is 0. The molecule has 0 aromatic heterocycles. The van der Waals surface area contributed by atoms with Crippen LogP contribution in [-0.2, 0) is 6.42 Å². The van der Waals surface area contributed by atoms with Crippen LogP contribution in [0.1, 0.15) is 109 Å². The molecule has 0 saturated heterocycles. The van der Waals surface area contributed by atoms with Crippen LogP contribution < -0.4 is 0 Å². The second-order valence-corrected chi connectivity index (χ2v) is 8.21. The van der Waals surface area contributed by atoms with Crippen LogP contribution in [0.5, 0.6) is 0 Å². The van der Waals surface area contributed by atoms with Crippen molar-refractivity contribution in [3.05, 3.63) is 35.9 Å².